The van der Waals surface area contributed by atoms with Gasteiger partial charge < -0.3 is 4.90 Å². The van der Waals surface area contributed by atoms with E-state index in [4.69, 9.17) is 0 Å². The maximum Gasteiger partial charge on any atom is 0.264 e. The average molecular weight is 294 g/mol. The molecule has 106 valence electrons. The molecule has 2 rings (SSSR count). The van der Waals surface area contributed by atoms with Gasteiger partial charge in [0.25, 0.3) is 10.0 Å². The van der Waals surface area contributed by atoms with E-state index in [-0.39, 0.29) is 4.90 Å². The minimum Gasteiger partial charge on any atom is -0.378 e. The van der Waals surface area contributed by atoms with E-state index >= 15 is 0 Å². The summed E-state index contributed by atoms with van der Waals surface area (Å²) in [5.41, 5.74) is 1.33. The first-order chi connectivity index (χ1) is 9.40. The fraction of sp³-hybridized carbons (Fsp3) is 0.143. The van der Waals surface area contributed by atoms with Crippen molar-refractivity contribution in [2.75, 3.05) is 23.7 Å². The molecule has 0 spiro atoms. The van der Waals surface area contributed by atoms with Crippen molar-refractivity contribution in [3.63, 3.8) is 0 Å². The highest BCUT2D eigenvalue weighted by Crippen LogP contribution is 2.20. The second-order valence-corrected chi connectivity index (χ2v) is 6.13. The summed E-state index contributed by atoms with van der Waals surface area (Å²) in [6.07, 6.45) is 0. The Kier molecular flexibility index (Phi) is 3.94. The monoisotopic (exact) mass is 294 g/mol. The molecular formula is C14H15FN2O2S. The molecule has 0 aliphatic carbocycles. The zero-order valence-electron chi connectivity index (χ0n) is 11.2. The van der Waals surface area contributed by atoms with Crippen molar-refractivity contribution in [1.82, 2.24) is 0 Å². The zero-order chi connectivity index (χ0) is 14.8. The Morgan fingerprint density at radius 3 is 2.15 bits per heavy atom. The third kappa shape index (κ3) is 3.08. The van der Waals surface area contributed by atoms with Crippen LogP contribution in [0.3, 0.4) is 0 Å². The molecule has 0 atom stereocenters. The maximum absolute atomic E-state index is 13.5. The summed E-state index contributed by atoms with van der Waals surface area (Å²) < 4.78 is 40.0. The minimum atomic E-state index is -3.92. The lowest BCUT2D eigenvalue weighted by Crippen LogP contribution is -2.14. The molecule has 0 radical (unpaired) electrons. The van der Waals surface area contributed by atoms with Crippen LogP contribution in [0.5, 0.6) is 0 Å². The molecule has 0 aliphatic rings. The van der Waals surface area contributed by atoms with Crippen LogP contribution >= 0.6 is 0 Å². The molecular weight excluding hydrogens is 279 g/mol. The van der Waals surface area contributed by atoms with Gasteiger partial charge in [0.15, 0.2) is 0 Å². The van der Waals surface area contributed by atoms with Gasteiger partial charge in [0.05, 0.1) is 0 Å². The first-order valence-electron chi connectivity index (χ1n) is 5.95. The van der Waals surface area contributed by atoms with Gasteiger partial charge in [-0.15, -0.1) is 0 Å². The Bertz CT molecular complexity index is 697. The van der Waals surface area contributed by atoms with Crippen LogP contribution in [0, 0.1) is 5.82 Å². The van der Waals surface area contributed by atoms with Gasteiger partial charge in [-0.05, 0) is 36.4 Å². The maximum atomic E-state index is 13.5. The molecule has 1 N–H and O–H groups in total. The number of sulfonamides is 1. The van der Waals surface area contributed by atoms with E-state index in [2.05, 4.69) is 4.72 Å². The summed E-state index contributed by atoms with van der Waals surface area (Å²) in [7, 11) is -0.141. The van der Waals surface area contributed by atoms with Gasteiger partial charge in [-0.3, -0.25) is 4.72 Å². The van der Waals surface area contributed by atoms with Crippen LogP contribution in [0.1, 0.15) is 0 Å². The Morgan fingerprint density at radius 2 is 1.60 bits per heavy atom. The first-order valence-corrected chi connectivity index (χ1v) is 7.43. The van der Waals surface area contributed by atoms with Crippen LogP contribution in [-0.4, -0.2) is 22.5 Å². The third-order valence-electron chi connectivity index (χ3n) is 2.76. The van der Waals surface area contributed by atoms with E-state index in [9.17, 15) is 12.8 Å². The fourth-order valence-electron chi connectivity index (χ4n) is 1.70. The van der Waals surface area contributed by atoms with Crippen molar-refractivity contribution < 1.29 is 12.8 Å². The number of hydrogen-bond donors (Lipinski definition) is 1. The van der Waals surface area contributed by atoms with Crippen molar-refractivity contribution in [3.8, 4) is 0 Å². The number of rotatable bonds is 4. The molecule has 20 heavy (non-hydrogen) atoms. The normalized spacial score (nSPS) is 11.2. The first kappa shape index (κ1) is 14.3. The van der Waals surface area contributed by atoms with E-state index in [0.29, 0.717) is 5.69 Å². The van der Waals surface area contributed by atoms with E-state index in [1.807, 2.05) is 19.0 Å². The Morgan fingerprint density at radius 1 is 1.00 bits per heavy atom. The highest BCUT2D eigenvalue weighted by atomic mass is 32.2. The van der Waals surface area contributed by atoms with Crippen molar-refractivity contribution in [1.29, 1.82) is 0 Å². The number of nitrogens with one attached hydrogen (secondary N) is 1. The van der Waals surface area contributed by atoms with Gasteiger partial charge in [0.1, 0.15) is 10.7 Å². The summed E-state index contributed by atoms with van der Waals surface area (Å²) in [5.74, 6) is -0.773. The molecule has 0 aliphatic heterocycles. The molecule has 0 bridgehead atoms. The molecule has 2 aromatic rings. The molecule has 6 heteroatoms. The molecule has 0 amide bonds. The number of benzene rings is 2. The van der Waals surface area contributed by atoms with E-state index < -0.39 is 15.8 Å². The molecule has 4 nitrogen and oxygen atoms in total. The Labute approximate surface area is 117 Å². The molecule has 0 saturated heterocycles. The number of halogens is 1. The predicted octanol–water partition coefficient (Wildman–Crippen LogP) is 2.69. The highest BCUT2D eigenvalue weighted by Gasteiger charge is 2.18. The average Bonchev–Trinajstić information content (AvgIpc) is 2.39. The SMILES string of the molecule is CN(C)c1ccc(NS(=O)(=O)c2ccccc2F)cc1. The zero-order valence-corrected chi connectivity index (χ0v) is 12.0. The Hall–Kier alpha value is -2.08. The van der Waals surface area contributed by atoms with E-state index in [1.54, 1.807) is 24.3 Å². The van der Waals surface area contributed by atoms with Crippen molar-refractivity contribution >= 4 is 21.4 Å². The summed E-state index contributed by atoms with van der Waals surface area (Å²) in [5, 5.41) is 0. The smallest absolute Gasteiger partial charge is 0.264 e. The van der Waals surface area contributed by atoms with Crippen LogP contribution in [0.4, 0.5) is 15.8 Å². The van der Waals surface area contributed by atoms with Crippen LogP contribution in [0.25, 0.3) is 0 Å². The standard InChI is InChI=1S/C14H15FN2O2S/c1-17(2)12-9-7-11(8-10-12)16-20(18,19)14-6-4-3-5-13(14)15/h3-10,16H,1-2H3. The summed E-state index contributed by atoms with van der Waals surface area (Å²) in [4.78, 5) is 1.53. The lowest BCUT2D eigenvalue weighted by Gasteiger charge is -2.13. The summed E-state index contributed by atoms with van der Waals surface area (Å²) in [6.45, 7) is 0. The number of nitrogens with zero attached hydrogens (tertiary/aromatic N) is 1. The molecule has 0 fully saturated rings. The minimum absolute atomic E-state index is 0.364. The molecule has 0 unspecified atom stereocenters. The number of anilines is 2. The van der Waals surface area contributed by atoms with Gasteiger partial charge in [0, 0.05) is 25.5 Å². The lowest BCUT2D eigenvalue weighted by molar-refractivity contribution is 0.570. The topological polar surface area (TPSA) is 49.4 Å². The van der Waals surface area contributed by atoms with Gasteiger partial charge in [0.2, 0.25) is 0 Å². The largest absolute Gasteiger partial charge is 0.378 e. The fourth-order valence-corrected chi connectivity index (χ4v) is 2.84. The van der Waals surface area contributed by atoms with Gasteiger partial charge in [-0.25, -0.2) is 12.8 Å². The van der Waals surface area contributed by atoms with Crippen LogP contribution in [0.2, 0.25) is 0 Å². The van der Waals surface area contributed by atoms with Crippen molar-refractivity contribution in [2.24, 2.45) is 0 Å². The quantitative estimate of drug-likeness (QED) is 0.943. The molecule has 0 heterocycles. The van der Waals surface area contributed by atoms with Gasteiger partial charge in [-0.1, -0.05) is 12.1 Å². The second kappa shape index (κ2) is 5.50. The van der Waals surface area contributed by atoms with Crippen LogP contribution in [-0.2, 0) is 10.0 Å². The number of hydrogen-bond acceptors (Lipinski definition) is 3. The summed E-state index contributed by atoms with van der Waals surface area (Å²) >= 11 is 0. The van der Waals surface area contributed by atoms with Crippen molar-refractivity contribution in [3.05, 3.63) is 54.3 Å². The van der Waals surface area contributed by atoms with Crippen LogP contribution in [0.15, 0.2) is 53.4 Å². The summed E-state index contributed by atoms with van der Waals surface area (Å²) in [6, 6.07) is 12.1. The lowest BCUT2D eigenvalue weighted by atomic mass is 10.3. The highest BCUT2D eigenvalue weighted by molar-refractivity contribution is 7.92. The Balaban J connectivity index is 2.27. The molecule has 2 aromatic carbocycles. The van der Waals surface area contributed by atoms with Gasteiger partial charge in [-0.2, -0.15) is 0 Å². The third-order valence-corrected chi connectivity index (χ3v) is 4.18. The second-order valence-electron chi connectivity index (χ2n) is 4.48. The van der Waals surface area contributed by atoms with Crippen molar-refractivity contribution in [2.45, 2.75) is 4.90 Å². The van der Waals surface area contributed by atoms with Gasteiger partial charge >= 0.3 is 0 Å². The molecule has 0 saturated carbocycles. The predicted molar refractivity (Wildman–Crippen MR) is 78.0 cm³/mol. The van der Waals surface area contributed by atoms with E-state index in [1.165, 1.54) is 18.2 Å². The van der Waals surface area contributed by atoms with Crippen LogP contribution < -0.4 is 9.62 Å². The van der Waals surface area contributed by atoms with E-state index in [0.717, 1.165) is 11.8 Å². The molecule has 0 aromatic heterocycles.